The topological polar surface area (TPSA) is 92.5 Å². The van der Waals surface area contributed by atoms with E-state index in [9.17, 15) is 5.11 Å². The molecule has 1 aromatic rings. The molecule has 1 unspecified atom stereocenters. The molecule has 1 atom stereocenters. The fourth-order valence-electron chi connectivity index (χ4n) is 0.811. The van der Waals surface area contributed by atoms with Gasteiger partial charge in [-0.3, -0.25) is 0 Å². The van der Waals surface area contributed by atoms with E-state index < -0.39 is 6.10 Å². The van der Waals surface area contributed by atoms with Crippen LogP contribution in [0.3, 0.4) is 0 Å². The van der Waals surface area contributed by atoms with Crippen LogP contribution < -0.4 is 11.5 Å². The maximum atomic E-state index is 9.20. The summed E-state index contributed by atoms with van der Waals surface area (Å²) in [6.45, 7) is 0.754. The molecule has 0 saturated heterocycles. The minimum Gasteiger partial charge on any atom is -0.395 e. The van der Waals surface area contributed by atoms with Gasteiger partial charge in [-0.05, 0) is 5.56 Å². The van der Waals surface area contributed by atoms with Crippen molar-refractivity contribution in [3.05, 3.63) is 35.9 Å². The third kappa shape index (κ3) is 5.66. The van der Waals surface area contributed by atoms with E-state index in [-0.39, 0.29) is 13.2 Å². The fourth-order valence-corrected chi connectivity index (χ4v) is 0.811. The van der Waals surface area contributed by atoms with Crippen LogP contribution in [0.1, 0.15) is 11.7 Å². The van der Waals surface area contributed by atoms with Gasteiger partial charge in [0.2, 0.25) is 0 Å². The average Bonchev–Trinajstić information content (AvgIpc) is 2.29. The third-order valence-corrected chi connectivity index (χ3v) is 1.54. The van der Waals surface area contributed by atoms with Crippen LogP contribution in [0.5, 0.6) is 0 Å². The molecule has 4 nitrogen and oxygen atoms in total. The van der Waals surface area contributed by atoms with Gasteiger partial charge in [0.25, 0.3) is 0 Å². The van der Waals surface area contributed by atoms with Gasteiger partial charge >= 0.3 is 0 Å². The van der Waals surface area contributed by atoms with Crippen molar-refractivity contribution in [2.75, 3.05) is 19.7 Å². The molecule has 0 spiro atoms. The van der Waals surface area contributed by atoms with Crippen LogP contribution in [-0.2, 0) is 0 Å². The molecule has 0 saturated carbocycles. The van der Waals surface area contributed by atoms with E-state index in [0.717, 1.165) is 5.56 Å². The lowest BCUT2D eigenvalue weighted by Gasteiger charge is -2.05. The van der Waals surface area contributed by atoms with E-state index in [4.69, 9.17) is 16.6 Å². The fraction of sp³-hybridized carbons (Fsp3) is 0.400. The van der Waals surface area contributed by atoms with Crippen molar-refractivity contribution in [2.24, 2.45) is 11.5 Å². The zero-order chi connectivity index (χ0) is 10.8. The van der Waals surface area contributed by atoms with Gasteiger partial charge < -0.3 is 21.7 Å². The molecule has 1 aromatic carbocycles. The van der Waals surface area contributed by atoms with Crippen LogP contribution >= 0.6 is 0 Å². The summed E-state index contributed by atoms with van der Waals surface area (Å²) in [6, 6.07) is 9.39. The van der Waals surface area contributed by atoms with Crippen molar-refractivity contribution in [3.8, 4) is 0 Å². The summed E-state index contributed by atoms with van der Waals surface area (Å²) in [5.74, 6) is 0. The van der Waals surface area contributed by atoms with Gasteiger partial charge in [-0.1, -0.05) is 30.3 Å². The number of aliphatic hydroxyl groups excluding tert-OH is 2. The van der Waals surface area contributed by atoms with Crippen molar-refractivity contribution < 1.29 is 10.2 Å². The largest absolute Gasteiger partial charge is 0.395 e. The van der Waals surface area contributed by atoms with Gasteiger partial charge in [-0.2, -0.15) is 0 Å². The molecule has 14 heavy (non-hydrogen) atoms. The molecular formula is C10H18N2O2. The van der Waals surface area contributed by atoms with E-state index in [2.05, 4.69) is 0 Å². The van der Waals surface area contributed by atoms with E-state index >= 15 is 0 Å². The molecule has 4 heteroatoms. The zero-order valence-electron chi connectivity index (χ0n) is 8.13. The van der Waals surface area contributed by atoms with Gasteiger partial charge in [-0.15, -0.1) is 0 Å². The summed E-state index contributed by atoms with van der Waals surface area (Å²) in [6.07, 6.45) is -0.513. The summed E-state index contributed by atoms with van der Waals surface area (Å²) in [5, 5.41) is 17.0. The van der Waals surface area contributed by atoms with Gasteiger partial charge in [-0.25, -0.2) is 0 Å². The van der Waals surface area contributed by atoms with Crippen LogP contribution in [0.2, 0.25) is 0 Å². The first-order valence-corrected chi connectivity index (χ1v) is 4.50. The van der Waals surface area contributed by atoms with Crippen molar-refractivity contribution in [2.45, 2.75) is 6.10 Å². The first-order valence-electron chi connectivity index (χ1n) is 4.50. The SMILES string of the molecule is NCC(O)c1ccccc1.NCCO. The summed E-state index contributed by atoms with van der Waals surface area (Å²) in [5.41, 5.74) is 10.9. The van der Waals surface area contributed by atoms with Crippen LogP contribution in [0, 0.1) is 0 Å². The first kappa shape index (κ1) is 13.1. The second-order valence-corrected chi connectivity index (χ2v) is 2.67. The lowest BCUT2D eigenvalue weighted by atomic mass is 10.1. The van der Waals surface area contributed by atoms with Crippen LogP contribution in [0.25, 0.3) is 0 Å². The van der Waals surface area contributed by atoms with E-state index in [1.807, 2.05) is 30.3 Å². The monoisotopic (exact) mass is 198 g/mol. The number of benzene rings is 1. The highest BCUT2D eigenvalue weighted by Gasteiger charge is 2.01. The molecule has 0 aliphatic rings. The minimum atomic E-state index is -0.513. The van der Waals surface area contributed by atoms with Crippen LogP contribution in [0.4, 0.5) is 0 Å². The van der Waals surface area contributed by atoms with Crippen molar-refractivity contribution in [1.29, 1.82) is 0 Å². The Morgan fingerprint density at radius 2 is 1.64 bits per heavy atom. The normalized spacial score (nSPS) is 11.4. The Balaban J connectivity index is 0.000000364. The number of aliphatic hydroxyl groups is 2. The van der Waals surface area contributed by atoms with E-state index in [0.29, 0.717) is 6.54 Å². The van der Waals surface area contributed by atoms with Gasteiger partial charge in [0.1, 0.15) is 0 Å². The smallest absolute Gasteiger partial charge is 0.0912 e. The molecule has 0 amide bonds. The van der Waals surface area contributed by atoms with Crippen LogP contribution in [-0.4, -0.2) is 29.9 Å². The Labute approximate surface area is 84.2 Å². The maximum Gasteiger partial charge on any atom is 0.0912 e. The molecule has 0 aliphatic carbocycles. The zero-order valence-corrected chi connectivity index (χ0v) is 8.13. The highest BCUT2D eigenvalue weighted by atomic mass is 16.3. The average molecular weight is 198 g/mol. The molecule has 0 radical (unpaired) electrons. The van der Waals surface area contributed by atoms with Gasteiger partial charge in [0.15, 0.2) is 0 Å². The molecule has 0 aromatic heterocycles. The Kier molecular flexibility index (Phi) is 8.07. The number of nitrogens with two attached hydrogens (primary N) is 2. The summed E-state index contributed by atoms with van der Waals surface area (Å²) >= 11 is 0. The maximum absolute atomic E-state index is 9.20. The predicted molar refractivity (Wildman–Crippen MR) is 56.6 cm³/mol. The van der Waals surface area contributed by atoms with Gasteiger partial charge in [0.05, 0.1) is 12.7 Å². The molecule has 0 fully saturated rings. The Morgan fingerprint density at radius 1 is 1.14 bits per heavy atom. The minimum absolute atomic E-state index is 0.0972. The Morgan fingerprint density at radius 3 is 2.00 bits per heavy atom. The Hall–Kier alpha value is -0.940. The Bertz CT molecular complexity index is 215. The molecule has 0 aliphatic heterocycles. The third-order valence-electron chi connectivity index (χ3n) is 1.54. The second-order valence-electron chi connectivity index (χ2n) is 2.67. The highest BCUT2D eigenvalue weighted by molar-refractivity contribution is 5.17. The number of hydrogen-bond acceptors (Lipinski definition) is 4. The van der Waals surface area contributed by atoms with E-state index in [1.165, 1.54) is 0 Å². The summed E-state index contributed by atoms with van der Waals surface area (Å²) in [7, 11) is 0. The van der Waals surface area contributed by atoms with Crippen LogP contribution in [0.15, 0.2) is 30.3 Å². The first-order chi connectivity index (χ1) is 6.76. The number of rotatable bonds is 3. The summed E-state index contributed by atoms with van der Waals surface area (Å²) in [4.78, 5) is 0. The van der Waals surface area contributed by atoms with E-state index in [1.54, 1.807) is 0 Å². The molecule has 0 bridgehead atoms. The molecule has 80 valence electrons. The van der Waals surface area contributed by atoms with Crippen molar-refractivity contribution in [3.63, 3.8) is 0 Å². The second kappa shape index (κ2) is 8.65. The quantitative estimate of drug-likeness (QED) is 0.532. The summed E-state index contributed by atoms with van der Waals surface area (Å²) < 4.78 is 0. The molecular weight excluding hydrogens is 180 g/mol. The highest BCUT2D eigenvalue weighted by Crippen LogP contribution is 2.08. The standard InChI is InChI=1S/C8H11NO.C2H7NO/c9-6-8(10)7-4-2-1-3-5-7;3-1-2-4/h1-5,8,10H,6,9H2;4H,1-3H2. The molecule has 1 rings (SSSR count). The lowest BCUT2D eigenvalue weighted by Crippen LogP contribution is -2.10. The predicted octanol–water partition coefficient (Wildman–Crippen LogP) is -0.384. The van der Waals surface area contributed by atoms with Crippen molar-refractivity contribution in [1.82, 2.24) is 0 Å². The number of hydrogen-bond donors (Lipinski definition) is 4. The lowest BCUT2D eigenvalue weighted by molar-refractivity contribution is 0.187. The molecule has 6 N–H and O–H groups in total. The molecule has 0 heterocycles. The van der Waals surface area contributed by atoms with Crippen molar-refractivity contribution >= 4 is 0 Å². The van der Waals surface area contributed by atoms with Gasteiger partial charge in [0, 0.05) is 13.1 Å².